The van der Waals surface area contributed by atoms with Crippen molar-refractivity contribution in [3.63, 3.8) is 0 Å². The Morgan fingerprint density at radius 3 is 2.33 bits per heavy atom. The molecule has 0 bridgehead atoms. The fourth-order valence-corrected chi connectivity index (χ4v) is 5.07. The highest BCUT2D eigenvalue weighted by Crippen LogP contribution is 2.45. The molecule has 3 heteroatoms. The molecule has 122 valence electrons. The zero-order chi connectivity index (χ0) is 14.6. The van der Waals surface area contributed by atoms with Gasteiger partial charge in [0.1, 0.15) is 0 Å². The van der Waals surface area contributed by atoms with Gasteiger partial charge in [-0.2, -0.15) is 0 Å². The minimum atomic E-state index is 0.365. The monoisotopic (exact) mass is 294 g/mol. The predicted octanol–water partition coefficient (Wildman–Crippen LogP) is 3.05. The first-order valence-corrected chi connectivity index (χ1v) is 9.21. The van der Waals surface area contributed by atoms with Crippen molar-refractivity contribution in [2.24, 2.45) is 10.8 Å². The van der Waals surface area contributed by atoms with Crippen LogP contribution in [0.2, 0.25) is 0 Å². The second kappa shape index (κ2) is 6.97. The van der Waals surface area contributed by atoms with E-state index in [1.165, 1.54) is 77.4 Å². The Labute approximate surface area is 130 Å². The van der Waals surface area contributed by atoms with E-state index >= 15 is 0 Å². The van der Waals surface area contributed by atoms with Crippen LogP contribution in [0, 0.1) is 10.8 Å². The fraction of sp³-hybridized carbons (Fsp3) is 1.00. The van der Waals surface area contributed by atoms with Crippen molar-refractivity contribution in [1.29, 1.82) is 0 Å². The molecule has 1 aliphatic carbocycles. The van der Waals surface area contributed by atoms with Gasteiger partial charge in [-0.05, 0) is 64.1 Å². The summed E-state index contributed by atoms with van der Waals surface area (Å²) in [6.07, 6.45) is 12.9. The van der Waals surface area contributed by atoms with Gasteiger partial charge >= 0.3 is 0 Å². The highest BCUT2D eigenvalue weighted by molar-refractivity contribution is 4.92. The second-order valence-corrected chi connectivity index (χ2v) is 8.02. The lowest BCUT2D eigenvalue weighted by Crippen LogP contribution is -2.51. The zero-order valence-electron chi connectivity index (χ0n) is 14.0. The molecule has 1 N–H and O–H groups in total. The summed E-state index contributed by atoms with van der Waals surface area (Å²) in [5.74, 6) is 0. The van der Waals surface area contributed by atoms with E-state index in [2.05, 4.69) is 17.3 Å². The maximum Gasteiger partial charge on any atom is 0.0546 e. The molecule has 3 fully saturated rings. The van der Waals surface area contributed by atoms with E-state index in [9.17, 15) is 0 Å². The molecule has 3 aliphatic rings. The van der Waals surface area contributed by atoms with Crippen molar-refractivity contribution in [3.8, 4) is 0 Å². The summed E-state index contributed by atoms with van der Waals surface area (Å²) >= 11 is 0. The van der Waals surface area contributed by atoms with Gasteiger partial charge in [-0.25, -0.2) is 0 Å². The molecule has 3 nitrogen and oxygen atoms in total. The van der Waals surface area contributed by atoms with E-state index in [0.29, 0.717) is 5.41 Å². The van der Waals surface area contributed by atoms with Crippen molar-refractivity contribution in [3.05, 3.63) is 0 Å². The van der Waals surface area contributed by atoms with Crippen LogP contribution < -0.4 is 5.32 Å². The Morgan fingerprint density at radius 1 is 0.952 bits per heavy atom. The summed E-state index contributed by atoms with van der Waals surface area (Å²) in [5, 5.41) is 3.42. The van der Waals surface area contributed by atoms with E-state index in [0.717, 1.165) is 25.2 Å². The molecular formula is C18H34N2O. The lowest BCUT2D eigenvalue weighted by Gasteiger charge is -2.47. The van der Waals surface area contributed by atoms with Gasteiger partial charge in [0.15, 0.2) is 0 Å². The van der Waals surface area contributed by atoms with Crippen molar-refractivity contribution in [1.82, 2.24) is 10.2 Å². The van der Waals surface area contributed by atoms with Crippen LogP contribution >= 0.6 is 0 Å². The summed E-state index contributed by atoms with van der Waals surface area (Å²) in [5.41, 5.74) is 1.10. The molecule has 0 amide bonds. The molecule has 2 saturated heterocycles. The molecule has 21 heavy (non-hydrogen) atoms. The Kier molecular flexibility index (Phi) is 5.23. The third kappa shape index (κ3) is 3.80. The zero-order valence-corrected chi connectivity index (χ0v) is 14.0. The molecule has 2 heterocycles. The number of rotatable bonds is 4. The summed E-state index contributed by atoms with van der Waals surface area (Å²) in [7, 11) is 2.09. The Balaban J connectivity index is 1.53. The average molecular weight is 294 g/mol. The van der Waals surface area contributed by atoms with Crippen LogP contribution in [0.1, 0.15) is 57.8 Å². The Hall–Kier alpha value is -0.120. The molecular weight excluding hydrogens is 260 g/mol. The minimum Gasteiger partial charge on any atom is -0.381 e. The molecule has 1 unspecified atom stereocenters. The van der Waals surface area contributed by atoms with Crippen molar-refractivity contribution in [2.45, 2.75) is 57.8 Å². The van der Waals surface area contributed by atoms with E-state index in [4.69, 9.17) is 4.74 Å². The molecule has 3 rings (SSSR count). The van der Waals surface area contributed by atoms with Gasteiger partial charge in [-0.1, -0.05) is 19.3 Å². The minimum absolute atomic E-state index is 0.365. The number of likely N-dealkylation sites (tertiary alicyclic amines) is 1. The third-order valence-electron chi connectivity index (χ3n) is 6.35. The van der Waals surface area contributed by atoms with Gasteiger partial charge in [0.05, 0.1) is 6.61 Å². The van der Waals surface area contributed by atoms with Crippen molar-refractivity contribution >= 4 is 0 Å². The Bertz CT molecular complexity index is 304. The summed E-state index contributed by atoms with van der Waals surface area (Å²) in [6.45, 7) is 6.92. The van der Waals surface area contributed by atoms with Crippen LogP contribution in [-0.2, 0) is 4.74 Å². The second-order valence-electron chi connectivity index (χ2n) is 8.02. The highest BCUT2D eigenvalue weighted by Gasteiger charge is 2.39. The predicted molar refractivity (Wildman–Crippen MR) is 87.6 cm³/mol. The molecule has 1 spiro atoms. The summed E-state index contributed by atoms with van der Waals surface area (Å²) in [4.78, 5) is 2.74. The van der Waals surface area contributed by atoms with Crippen molar-refractivity contribution in [2.75, 3.05) is 46.4 Å². The molecule has 0 aromatic rings. The SMILES string of the molecule is CNCC1(CN2CCC3(CCCCC3)CC2)CCCOC1. The van der Waals surface area contributed by atoms with E-state index in [1.54, 1.807) is 0 Å². The summed E-state index contributed by atoms with van der Waals surface area (Å²) in [6, 6.07) is 0. The molecule has 0 radical (unpaired) electrons. The summed E-state index contributed by atoms with van der Waals surface area (Å²) < 4.78 is 5.82. The van der Waals surface area contributed by atoms with Crippen LogP contribution in [0.15, 0.2) is 0 Å². The van der Waals surface area contributed by atoms with Gasteiger partial charge < -0.3 is 15.0 Å². The van der Waals surface area contributed by atoms with Crippen LogP contribution in [0.25, 0.3) is 0 Å². The van der Waals surface area contributed by atoms with E-state index in [1.807, 2.05) is 0 Å². The van der Waals surface area contributed by atoms with Gasteiger partial charge in [-0.15, -0.1) is 0 Å². The van der Waals surface area contributed by atoms with Crippen LogP contribution in [0.3, 0.4) is 0 Å². The van der Waals surface area contributed by atoms with Crippen LogP contribution in [-0.4, -0.2) is 51.3 Å². The number of nitrogens with one attached hydrogen (secondary N) is 1. The third-order valence-corrected chi connectivity index (χ3v) is 6.35. The lowest BCUT2D eigenvalue weighted by molar-refractivity contribution is -0.0377. The number of nitrogens with zero attached hydrogens (tertiary/aromatic N) is 1. The number of piperidine rings is 1. The lowest BCUT2D eigenvalue weighted by atomic mass is 9.68. The van der Waals surface area contributed by atoms with Crippen LogP contribution in [0.5, 0.6) is 0 Å². The largest absolute Gasteiger partial charge is 0.381 e. The first-order valence-electron chi connectivity index (χ1n) is 9.21. The number of hydrogen-bond donors (Lipinski definition) is 1. The number of ether oxygens (including phenoxy) is 1. The first kappa shape index (κ1) is 15.8. The van der Waals surface area contributed by atoms with E-state index < -0.39 is 0 Å². The van der Waals surface area contributed by atoms with Gasteiger partial charge in [0, 0.05) is 25.1 Å². The Morgan fingerprint density at radius 2 is 1.71 bits per heavy atom. The number of hydrogen-bond acceptors (Lipinski definition) is 3. The molecule has 1 saturated carbocycles. The van der Waals surface area contributed by atoms with Gasteiger partial charge in [-0.3, -0.25) is 0 Å². The smallest absolute Gasteiger partial charge is 0.0546 e. The van der Waals surface area contributed by atoms with Gasteiger partial charge in [0.2, 0.25) is 0 Å². The first-order chi connectivity index (χ1) is 10.3. The molecule has 2 aliphatic heterocycles. The van der Waals surface area contributed by atoms with Crippen LogP contribution in [0.4, 0.5) is 0 Å². The van der Waals surface area contributed by atoms with Gasteiger partial charge in [0.25, 0.3) is 0 Å². The molecule has 1 atom stereocenters. The van der Waals surface area contributed by atoms with E-state index in [-0.39, 0.29) is 0 Å². The fourth-order valence-electron chi connectivity index (χ4n) is 5.07. The molecule has 0 aromatic heterocycles. The quantitative estimate of drug-likeness (QED) is 0.862. The standard InChI is InChI=1S/C18H34N2O/c1-19-14-18(8-5-13-21-16-18)15-20-11-9-17(10-12-20)6-3-2-4-7-17/h19H,2-16H2,1H3. The topological polar surface area (TPSA) is 24.5 Å². The van der Waals surface area contributed by atoms with Crippen molar-refractivity contribution < 1.29 is 4.74 Å². The maximum atomic E-state index is 5.82. The average Bonchev–Trinajstić information content (AvgIpc) is 2.52. The highest BCUT2D eigenvalue weighted by atomic mass is 16.5. The maximum absolute atomic E-state index is 5.82. The normalized spacial score (nSPS) is 34.1. The molecule has 0 aromatic carbocycles.